The third kappa shape index (κ3) is 3.82. The van der Waals surface area contributed by atoms with Crippen LogP contribution in [0, 0.1) is 0 Å². The van der Waals surface area contributed by atoms with Crippen molar-refractivity contribution < 1.29 is 4.74 Å². The molecule has 0 spiro atoms. The van der Waals surface area contributed by atoms with Crippen LogP contribution in [0.2, 0.25) is 0 Å². The van der Waals surface area contributed by atoms with Gasteiger partial charge in [-0.05, 0) is 106 Å². The summed E-state index contributed by atoms with van der Waals surface area (Å²) < 4.78 is 6.68. The van der Waals surface area contributed by atoms with E-state index in [9.17, 15) is 0 Å². The van der Waals surface area contributed by atoms with Gasteiger partial charge in [-0.15, -0.1) is 0 Å². The molecule has 0 amide bonds. The molecule has 0 bridgehead atoms. The van der Waals surface area contributed by atoms with Gasteiger partial charge in [0.05, 0.1) is 0 Å². The molecular formula is C48H28O. The van der Waals surface area contributed by atoms with Gasteiger partial charge in [-0.2, -0.15) is 0 Å². The lowest BCUT2D eigenvalue weighted by molar-refractivity contribution is 0.493. The van der Waals surface area contributed by atoms with Crippen LogP contribution in [0.3, 0.4) is 0 Å². The minimum Gasteiger partial charge on any atom is -0.455 e. The standard InChI is InChI=1S/C48H28O/c1-4-13-34-29(9-1)12-7-16-39(34)46-37-14-5-3-11-31(37)28-44-36-22-20-32(27-33(36)21-23-42(44)46)35-25-26-45-47-40(35)17-8-18-41(47)43-24-19-30-10-2-6-15-38(30)48(43)49-45/h1-28H. The first-order valence-electron chi connectivity index (χ1n) is 16.9. The maximum absolute atomic E-state index is 6.68. The number of rotatable bonds is 2. The molecule has 10 aromatic carbocycles. The third-order valence-corrected chi connectivity index (χ3v) is 10.6. The van der Waals surface area contributed by atoms with E-state index in [0.717, 1.165) is 22.4 Å². The molecule has 1 heteroatoms. The van der Waals surface area contributed by atoms with Crippen molar-refractivity contribution in [1.82, 2.24) is 0 Å². The highest BCUT2D eigenvalue weighted by molar-refractivity contribution is 6.23. The first-order valence-corrected chi connectivity index (χ1v) is 16.9. The third-order valence-electron chi connectivity index (χ3n) is 10.6. The van der Waals surface area contributed by atoms with Crippen molar-refractivity contribution in [1.29, 1.82) is 0 Å². The van der Waals surface area contributed by atoms with Gasteiger partial charge < -0.3 is 4.74 Å². The first-order chi connectivity index (χ1) is 24.3. The van der Waals surface area contributed by atoms with E-state index in [4.69, 9.17) is 4.74 Å². The van der Waals surface area contributed by atoms with Gasteiger partial charge in [0.1, 0.15) is 11.5 Å². The molecule has 11 rings (SSSR count). The molecular weight excluding hydrogens is 593 g/mol. The zero-order chi connectivity index (χ0) is 32.1. The van der Waals surface area contributed by atoms with E-state index < -0.39 is 0 Å². The number of hydrogen-bond donors (Lipinski definition) is 0. The van der Waals surface area contributed by atoms with E-state index in [2.05, 4.69) is 170 Å². The second-order valence-corrected chi connectivity index (χ2v) is 13.2. The van der Waals surface area contributed by atoms with E-state index >= 15 is 0 Å². The number of hydrogen-bond acceptors (Lipinski definition) is 1. The molecule has 0 saturated heterocycles. The SMILES string of the molecule is c1ccc2c(-c3c4ccccc4cc4c3ccc3cc(-c5ccc6c7c(cccc57)-c5ccc7ccccc7c5O6)ccc34)cccc2c1. The van der Waals surface area contributed by atoms with Crippen molar-refractivity contribution in [3.05, 3.63) is 170 Å². The molecule has 10 aromatic rings. The largest absolute Gasteiger partial charge is 0.455 e. The molecule has 0 aliphatic carbocycles. The lowest BCUT2D eigenvalue weighted by Crippen LogP contribution is -1.98. The van der Waals surface area contributed by atoms with Crippen molar-refractivity contribution in [2.24, 2.45) is 0 Å². The Labute approximate surface area is 283 Å². The van der Waals surface area contributed by atoms with Gasteiger partial charge in [-0.25, -0.2) is 0 Å². The predicted molar refractivity (Wildman–Crippen MR) is 208 cm³/mol. The second-order valence-electron chi connectivity index (χ2n) is 13.2. The van der Waals surface area contributed by atoms with Crippen molar-refractivity contribution in [3.8, 4) is 44.9 Å². The summed E-state index contributed by atoms with van der Waals surface area (Å²) in [5.41, 5.74) is 7.36. The summed E-state index contributed by atoms with van der Waals surface area (Å²) >= 11 is 0. The van der Waals surface area contributed by atoms with E-state index in [1.54, 1.807) is 0 Å². The lowest BCUT2D eigenvalue weighted by Gasteiger charge is -2.24. The van der Waals surface area contributed by atoms with Gasteiger partial charge >= 0.3 is 0 Å². The summed E-state index contributed by atoms with van der Waals surface area (Å²) in [6, 6.07) is 62.1. The lowest BCUT2D eigenvalue weighted by atomic mass is 9.86. The van der Waals surface area contributed by atoms with Crippen LogP contribution in [0.15, 0.2) is 170 Å². The van der Waals surface area contributed by atoms with Crippen LogP contribution in [-0.2, 0) is 0 Å². The van der Waals surface area contributed by atoms with E-state index in [0.29, 0.717) is 0 Å². The number of fused-ring (bicyclic) bond motifs is 9. The van der Waals surface area contributed by atoms with Crippen molar-refractivity contribution in [3.63, 3.8) is 0 Å². The molecule has 1 nitrogen and oxygen atoms in total. The molecule has 0 saturated carbocycles. The normalized spacial score (nSPS) is 12.2. The highest BCUT2D eigenvalue weighted by Gasteiger charge is 2.23. The van der Waals surface area contributed by atoms with Gasteiger partial charge in [-0.1, -0.05) is 146 Å². The fourth-order valence-electron chi connectivity index (χ4n) is 8.39. The topological polar surface area (TPSA) is 9.23 Å². The first kappa shape index (κ1) is 26.6. The maximum Gasteiger partial charge on any atom is 0.143 e. The summed E-state index contributed by atoms with van der Waals surface area (Å²) in [5, 5.41) is 14.8. The summed E-state index contributed by atoms with van der Waals surface area (Å²) in [6.45, 7) is 0. The fourth-order valence-corrected chi connectivity index (χ4v) is 8.39. The minimum absolute atomic E-state index is 0.915. The van der Waals surface area contributed by atoms with Crippen molar-refractivity contribution in [2.45, 2.75) is 0 Å². The predicted octanol–water partition coefficient (Wildman–Crippen LogP) is 13.7. The molecule has 0 radical (unpaired) electrons. The number of benzene rings is 10. The zero-order valence-corrected chi connectivity index (χ0v) is 26.6. The molecule has 226 valence electrons. The Bertz CT molecular complexity index is 3020. The monoisotopic (exact) mass is 620 g/mol. The quantitative estimate of drug-likeness (QED) is 0.138. The summed E-state index contributed by atoms with van der Waals surface area (Å²) in [4.78, 5) is 0. The van der Waals surface area contributed by atoms with Gasteiger partial charge in [0, 0.05) is 16.3 Å². The van der Waals surface area contributed by atoms with E-state index in [1.165, 1.54) is 87.1 Å². The van der Waals surface area contributed by atoms with Crippen LogP contribution >= 0.6 is 0 Å². The molecule has 0 fully saturated rings. The van der Waals surface area contributed by atoms with Crippen LogP contribution in [-0.4, -0.2) is 0 Å². The van der Waals surface area contributed by atoms with E-state index in [-0.39, 0.29) is 0 Å². The molecule has 0 N–H and O–H groups in total. The molecule has 49 heavy (non-hydrogen) atoms. The Hall–Kier alpha value is -6.44. The Kier molecular flexibility index (Phi) is 5.45. The van der Waals surface area contributed by atoms with Crippen LogP contribution in [0.25, 0.3) is 98.0 Å². The van der Waals surface area contributed by atoms with Gasteiger partial charge in [0.15, 0.2) is 0 Å². The van der Waals surface area contributed by atoms with Gasteiger partial charge in [0.25, 0.3) is 0 Å². The van der Waals surface area contributed by atoms with Crippen LogP contribution in [0.1, 0.15) is 0 Å². The molecule has 1 aliphatic heterocycles. The number of ether oxygens (including phenoxy) is 1. The fraction of sp³-hybridized carbons (Fsp3) is 0. The Morgan fingerprint density at radius 1 is 0.306 bits per heavy atom. The van der Waals surface area contributed by atoms with Crippen LogP contribution in [0.5, 0.6) is 11.5 Å². The van der Waals surface area contributed by atoms with Crippen LogP contribution in [0.4, 0.5) is 0 Å². The molecule has 0 atom stereocenters. The summed E-state index contributed by atoms with van der Waals surface area (Å²) in [5.74, 6) is 1.86. The molecule has 1 heterocycles. The molecule has 1 aliphatic rings. The average Bonchev–Trinajstić information content (AvgIpc) is 3.16. The Balaban J connectivity index is 1.12. The van der Waals surface area contributed by atoms with Gasteiger partial charge in [-0.3, -0.25) is 0 Å². The maximum atomic E-state index is 6.68. The summed E-state index contributed by atoms with van der Waals surface area (Å²) in [7, 11) is 0. The van der Waals surface area contributed by atoms with Crippen molar-refractivity contribution >= 4 is 64.6 Å². The highest BCUT2D eigenvalue weighted by atomic mass is 16.5. The Morgan fingerprint density at radius 2 is 0.939 bits per heavy atom. The second kappa shape index (κ2) is 10.0. The Morgan fingerprint density at radius 3 is 1.84 bits per heavy atom. The van der Waals surface area contributed by atoms with Crippen molar-refractivity contribution in [2.75, 3.05) is 0 Å². The zero-order valence-electron chi connectivity index (χ0n) is 26.6. The minimum atomic E-state index is 0.915. The molecule has 0 unspecified atom stereocenters. The average molecular weight is 621 g/mol. The highest BCUT2D eigenvalue weighted by Crippen LogP contribution is 2.51. The van der Waals surface area contributed by atoms with Crippen LogP contribution < -0.4 is 4.74 Å². The van der Waals surface area contributed by atoms with E-state index in [1.807, 2.05) is 0 Å². The summed E-state index contributed by atoms with van der Waals surface area (Å²) in [6.07, 6.45) is 0. The molecule has 0 aromatic heterocycles. The smallest absolute Gasteiger partial charge is 0.143 e. The van der Waals surface area contributed by atoms with Gasteiger partial charge in [0.2, 0.25) is 0 Å².